The van der Waals surface area contributed by atoms with E-state index >= 15 is 0 Å². The highest BCUT2D eigenvalue weighted by Crippen LogP contribution is 1.96. The van der Waals surface area contributed by atoms with Crippen molar-refractivity contribution in [3.63, 3.8) is 0 Å². The Hall–Kier alpha value is -1.79. The lowest BCUT2D eigenvalue weighted by Crippen LogP contribution is -2.47. The fourth-order valence-electron chi connectivity index (χ4n) is 1.13. The minimum Gasteiger partial charge on any atom is -0.481 e. The average Bonchev–Trinajstić information content (AvgIpc) is 2.19. The first-order valence-electron chi connectivity index (χ1n) is 5.75. The zero-order chi connectivity index (χ0) is 14.2. The summed E-state index contributed by atoms with van der Waals surface area (Å²) in [4.78, 5) is 32.8. The summed E-state index contributed by atoms with van der Waals surface area (Å²) in [6.07, 6.45) is 0.363. The SMILES string of the molecule is CC(C)(C)NC(=O)CNC(=O)NCCCC(=O)O. The van der Waals surface area contributed by atoms with Gasteiger partial charge in [0, 0.05) is 18.5 Å². The first-order valence-corrected chi connectivity index (χ1v) is 5.75. The van der Waals surface area contributed by atoms with Gasteiger partial charge in [-0.1, -0.05) is 0 Å². The molecule has 104 valence electrons. The third kappa shape index (κ3) is 10.7. The third-order valence-corrected chi connectivity index (χ3v) is 1.78. The molecule has 0 atom stereocenters. The fraction of sp³-hybridized carbons (Fsp3) is 0.727. The molecule has 0 aliphatic rings. The van der Waals surface area contributed by atoms with Gasteiger partial charge in [0.15, 0.2) is 0 Å². The summed E-state index contributed by atoms with van der Waals surface area (Å²) in [5, 5.41) is 15.9. The maximum absolute atomic E-state index is 11.4. The van der Waals surface area contributed by atoms with Crippen LogP contribution in [0.25, 0.3) is 0 Å². The topological polar surface area (TPSA) is 108 Å². The van der Waals surface area contributed by atoms with Crippen LogP contribution in [-0.4, -0.2) is 41.6 Å². The first kappa shape index (κ1) is 16.2. The molecule has 0 unspecified atom stereocenters. The molecule has 0 spiro atoms. The van der Waals surface area contributed by atoms with Crippen LogP contribution in [0.2, 0.25) is 0 Å². The van der Waals surface area contributed by atoms with Crippen LogP contribution in [-0.2, 0) is 9.59 Å². The standard InChI is InChI=1S/C11H21N3O4/c1-11(2,3)14-8(15)7-13-10(18)12-6-4-5-9(16)17/h4-7H2,1-3H3,(H,14,15)(H,16,17)(H2,12,13,18). The first-order chi connectivity index (χ1) is 8.20. The number of aliphatic carboxylic acids is 1. The molecular weight excluding hydrogens is 238 g/mol. The van der Waals surface area contributed by atoms with E-state index in [1.807, 2.05) is 20.8 Å². The number of hydrogen-bond donors (Lipinski definition) is 4. The van der Waals surface area contributed by atoms with Crippen molar-refractivity contribution in [3.05, 3.63) is 0 Å². The van der Waals surface area contributed by atoms with Crippen molar-refractivity contribution in [1.29, 1.82) is 0 Å². The highest BCUT2D eigenvalue weighted by atomic mass is 16.4. The maximum atomic E-state index is 11.4. The molecule has 0 rings (SSSR count). The number of rotatable bonds is 6. The smallest absolute Gasteiger partial charge is 0.315 e. The largest absolute Gasteiger partial charge is 0.481 e. The highest BCUT2D eigenvalue weighted by molar-refractivity contribution is 5.84. The molecule has 0 aromatic heterocycles. The molecule has 3 amide bonds. The summed E-state index contributed by atoms with van der Waals surface area (Å²) in [5.74, 6) is -1.18. The Bertz CT molecular complexity index is 310. The van der Waals surface area contributed by atoms with Crippen molar-refractivity contribution in [2.45, 2.75) is 39.2 Å². The number of hydrogen-bond acceptors (Lipinski definition) is 3. The minimum atomic E-state index is -0.901. The molecule has 4 N–H and O–H groups in total. The van der Waals surface area contributed by atoms with Gasteiger partial charge in [-0.15, -0.1) is 0 Å². The number of urea groups is 1. The summed E-state index contributed by atoms with van der Waals surface area (Å²) in [7, 11) is 0. The van der Waals surface area contributed by atoms with Crippen molar-refractivity contribution in [1.82, 2.24) is 16.0 Å². The van der Waals surface area contributed by atoms with Gasteiger partial charge in [0.05, 0.1) is 6.54 Å². The summed E-state index contributed by atoms with van der Waals surface area (Å²) < 4.78 is 0. The Labute approximate surface area is 106 Å². The summed E-state index contributed by atoms with van der Waals surface area (Å²) in [6, 6.07) is -0.482. The molecule has 18 heavy (non-hydrogen) atoms. The number of carboxylic acids is 1. The van der Waals surface area contributed by atoms with E-state index in [-0.39, 0.29) is 31.0 Å². The van der Waals surface area contributed by atoms with Crippen LogP contribution in [0.4, 0.5) is 4.79 Å². The van der Waals surface area contributed by atoms with Crippen molar-refractivity contribution in [2.24, 2.45) is 0 Å². The highest BCUT2D eigenvalue weighted by Gasteiger charge is 2.13. The quantitative estimate of drug-likeness (QED) is 0.506. The monoisotopic (exact) mass is 259 g/mol. The lowest BCUT2D eigenvalue weighted by atomic mass is 10.1. The van der Waals surface area contributed by atoms with Gasteiger partial charge in [0.25, 0.3) is 0 Å². The molecule has 7 nitrogen and oxygen atoms in total. The van der Waals surface area contributed by atoms with Crippen LogP contribution < -0.4 is 16.0 Å². The summed E-state index contributed by atoms with van der Waals surface area (Å²) in [5.41, 5.74) is -0.337. The van der Waals surface area contributed by atoms with Gasteiger partial charge in [-0.3, -0.25) is 9.59 Å². The van der Waals surface area contributed by atoms with E-state index in [1.54, 1.807) is 0 Å². The molecule has 0 fully saturated rings. The van der Waals surface area contributed by atoms with Crippen molar-refractivity contribution < 1.29 is 19.5 Å². The van der Waals surface area contributed by atoms with E-state index in [4.69, 9.17) is 5.11 Å². The Morgan fingerprint density at radius 1 is 1.11 bits per heavy atom. The van der Waals surface area contributed by atoms with E-state index in [0.717, 1.165) is 0 Å². The molecule has 0 heterocycles. The fourth-order valence-corrected chi connectivity index (χ4v) is 1.13. The van der Waals surface area contributed by atoms with Gasteiger partial charge in [-0.05, 0) is 27.2 Å². The zero-order valence-electron chi connectivity index (χ0n) is 11.0. The molecule has 7 heteroatoms. The molecule has 0 aliphatic carbocycles. The number of carbonyl (C=O) groups excluding carboxylic acids is 2. The second kappa shape index (κ2) is 7.52. The number of carboxylic acid groups (broad SMARTS) is 1. The number of carbonyl (C=O) groups is 3. The predicted molar refractivity (Wildman–Crippen MR) is 66.2 cm³/mol. The normalized spacial score (nSPS) is 10.6. The summed E-state index contributed by atoms with van der Waals surface area (Å²) >= 11 is 0. The van der Waals surface area contributed by atoms with Gasteiger partial charge in [-0.2, -0.15) is 0 Å². The van der Waals surface area contributed by atoms with E-state index in [9.17, 15) is 14.4 Å². The van der Waals surface area contributed by atoms with Crippen molar-refractivity contribution in [3.8, 4) is 0 Å². The van der Waals surface area contributed by atoms with E-state index in [2.05, 4.69) is 16.0 Å². The Kier molecular flexibility index (Phi) is 6.77. The van der Waals surface area contributed by atoms with Gasteiger partial charge >= 0.3 is 12.0 Å². The average molecular weight is 259 g/mol. The van der Waals surface area contributed by atoms with Crippen LogP contribution >= 0.6 is 0 Å². The lowest BCUT2D eigenvalue weighted by molar-refractivity contribution is -0.137. The van der Waals surface area contributed by atoms with E-state index < -0.39 is 12.0 Å². The van der Waals surface area contributed by atoms with Crippen LogP contribution in [0.15, 0.2) is 0 Å². The molecule has 0 saturated heterocycles. The minimum absolute atomic E-state index is 0.00475. The van der Waals surface area contributed by atoms with Gasteiger partial charge in [0.1, 0.15) is 0 Å². The maximum Gasteiger partial charge on any atom is 0.315 e. The summed E-state index contributed by atoms with van der Waals surface area (Å²) in [6.45, 7) is 5.69. The van der Waals surface area contributed by atoms with E-state index in [1.165, 1.54) is 0 Å². The predicted octanol–water partition coefficient (Wildman–Crippen LogP) is 0.0651. The van der Waals surface area contributed by atoms with Crippen LogP contribution in [0.5, 0.6) is 0 Å². The molecule has 0 aliphatic heterocycles. The van der Waals surface area contributed by atoms with Gasteiger partial charge < -0.3 is 21.1 Å². The van der Waals surface area contributed by atoms with Crippen LogP contribution in [0.1, 0.15) is 33.6 Å². The lowest BCUT2D eigenvalue weighted by Gasteiger charge is -2.20. The zero-order valence-corrected chi connectivity index (χ0v) is 11.0. The molecule has 0 saturated carbocycles. The molecule has 0 aromatic rings. The van der Waals surface area contributed by atoms with Crippen LogP contribution in [0, 0.1) is 0 Å². The number of nitrogens with one attached hydrogen (secondary N) is 3. The second-order valence-electron chi connectivity index (χ2n) is 4.90. The molecule has 0 aromatic carbocycles. The molecule has 0 radical (unpaired) electrons. The van der Waals surface area contributed by atoms with Gasteiger partial charge in [-0.25, -0.2) is 4.79 Å². The molecule has 0 bridgehead atoms. The second-order valence-corrected chi connectivity index (χ2v) is 4.90. The molecular formula is C11H21N3O4. The third-order valence-electron chi connectivity index (χ3n) is 1.78. The van der Waals surface area contributed by atoms with E-state index in [0.29, 0.717) is 6.42 Å². The van der Waals surface area contributed by atoms with Crippen LogP contribution in [0.3, 0.4) is 0 Å². The van der Waals surface area contributed by atoms with Gasteiger partial charge in [0.2, 0.25) is 5.91 Å². The Morgan fingerprint density at radius 3 is 2.22 bits per heavy atom. The number of amides is 3. The van der Waals surface area contributed by atoms with Crippen molar-refractivity contribution >= 4 is 17.9 Å². The Balaban J connectivity index is 3.64. The Morgan fingerprint density at radius 2 is 1.72 bits per heavy atom. The van der Waals surface area contributed by atoms with Crippen molar-refractivity contribution in [2.75, 3.05) is 13.1 Å².